The Morgan fingerprint density at radius 3 is 2.40 bits per heavy atom. The average Bonchev–Trinajstić information content (AvgIpc) is 2.40. The van der Waals surface area contributed by atoms with Gasteiger partial charge in [-0.3, -0.25) is 0 Å². The third-order valence-electron chi connectivity index (χ3n) is 4.12. The Morgan fingerprint density at radius 1 is 1.40 bits per heavy atom. The fourth-order valence-corrected chi connectivity index (χ4v) is 1.93. The standard InChI is InChI=1S/C15H25/c1-7-14(3,4)11-10-13-9-8-12(2)15(13,5)6/h7-8,10-11,13H,9H2,1-6H3/b11-10+/t13-/m0/s1. The van der Waals surface area contributed by atoms with E-state index in [1.54, 1.807) is 0 Å². The molecule has 0 spiro atoms. The average molecular weight is 205 g/mol. The molecule has 0 aromatic heterocycles. The van der Waals surface area contributed by atoms with Crippen molar-refractivity contribution in [2.75, 3.05) is 0 Å². The fourth-order valence-electron chi connectivity index (χ4n) is 1.93. The zero-order valence-corrected chi connectivity index (χ0v) is 11.1. The van der Waals surface area contributed by atoms with E-state index in [-0.39, 0.29) is 5.41 Å². The molecule has 0 fully saturated rings. The summed E-state index contributed by atoms with van der Waals surface area (Å²) in [5.74, 6) is 0.678. The third kappa shape index (κ3) is 2.74. The number of allylic oxidation sites excluding steroid dienone is 4. The first-order valence-electron chi connectivity index (χ1n) is 5.97. The van der Waals surface area contributed by atoms with E-state index in [1.165, 1.54) is 12.0 Å². The molecule has 0 bridgehead atoms. The van der Waals surface area contributed by atoms with E-state index in [1.807, 2.05) is 0 Å². The van der Waals surface area contributed by atoms with Gasteiger partial charge in [-0.1, -0.05) is 58.4 Å². The van der Waals surface area contributed by atoms with Crippen LogP contribution in [0.15, 0.2) is 23.8 Å². The van der Waals surface area contributed by atoms with Gasteiger partial charge in [0.1, 0.15) is 0 Å². The molecule has 15 heavy (non-hydrogen) atoms. The molecule has 0 nitrogen and oxygen atoms in total. The minimum Gasteiger partial charge on any atom is -0.0844 e. The molecule has 0 aromatic rings. The van der Waals surface area contributed by atoms with Crippen molar-refractivity contribution in [2.24, 2.45) is 16.7 Å². The highest BCUT2D eigenvalue weighted by Crippen LogP contribution is 2.44. The first-order valence-corrected chi connectivity index (χ1v) is 5.97. The van der Waals surface area contributed by atoms with E-state index in [4.69, 9.17) is 0 Å². The summed E-state index contributed by atoms with van der Waals surface area (Å²) in [7, 11) is 0. The Bertz CT molecular complexity index is 276. The summed E-state index contributed by atoms with van der Waals surface area (Å²) < 4.78 is 0. The van der Waals surface area contributed by atoms with E-state index in [0.717, 1.165) is 0 Å². The van der Waals surface area contributed by atoms with Crippen molar-refractivity contribution in [3.63, 3.8) is 0 Å². The highest BCUT2D eigenvalue weighted by Gasteiger charge is 2.33. The Hall–Kier alpha value is -0.520. The predicted molar refractivity (Wildman–Crippen MR) is 68.5 cm³/mol. The Balaban J connectivity index is 2.71. The third-order valence-corrected chi connectivity index (χ3v) is 4.12. The maximum atomic E-state index is 2.41. The highest BCUT2D eigenvalue weighted by atomic mass is 14.4. The van der Waals surface area contributed by atoms with Crippen LogP contribution in [0, 0.1) is 23.2 Å². The van der Waals surface area contributed by atoms with Crippen molar-refractivity contribution >= 4 is 0 Å². The molecule has 85 valence electrons. The molecule has 0 N–H and O–H groups in total. The first kappa shape index (κ1) is 12.5. The van der Waals surface area contributed by atoms with Crippen molar-refractivity contribution in [1.82, 2.24) is 0 Å². The fraction of sp³-hybridized carbons (Fsp3) is 0.667. The summed E-state index contributed by atoms with van der Waals surface area (Å²) in [5.41, 5.74) is 2.11. The van der Waals surface area contributed by atoms with Crippen LogP contribution in [0.3, 0.4) is 0 Å². The van der Waals surface area contributed by atoms with Crippen LogP contribution in [0.25, 0.3) is 0 Å². The second-order valence-corrected chi connectivity index (χ2v) is 5.92. The zero-order chi connectivity index (χ0) is 11.7. The molecule has 0 heteroatoms. The molecule has 1 rings (SSSR count). The van der Waals surface area contributed by atoms with Crippen LogP contribution in [-0.2, 0) is 0 Å². The predicted octanol–water partition coefficient (Wildman–Crippen LogP) is 4.79. The van der Waals surface area contributed by atoms with Crippen LogP contribution in [0.1, 0.15) is 48.0 Å². The lowest BCUT2D eigenvalue weighted by atomic mass is 9.76. The molecule has 1 aliphatic carbocycles. The van der Waals surface area contributed by atoms with Gasteiger partial charge in [-0.25, -0.2) is 0 Å². The van der Waals surface area contributed by atoms with Gasteiger partial charge in [0.25, 0.3) is 0 Å². The molecule has 0 amide bonds. The van der Waals surface area contributed by atoms with Gasteiger partial charge < -0.3 is 0 Å². The van der Waals surface area contributed by atoms with E-state index in [0.29, 0.717) is 11.3 Å². The largest absolute Gasteiger partial charge is 0.0844 e. The SMILES string of the molecule is C[CH]C(C)(C)/C=C/[C@@H]1CC=C(C)C1(C)C. The summed E-state index contributed by atoms with van der Waals surface area (Å²) in [6.45, 7) is 13.6. The molecule has 0 saturated heterocycles. The van der Waals surface area contributed by atoms with Crippen molar-refractivity contribution in [1.29, 1.82) is 0 Å². The topological polar surface area (TPSA) is 0 Å². The molecule has 1 atom stereocenters. The molecule has 1 radical (unpaired) electrons. The van der Waals surface area contributed by atoms with Crippen LogP contribution in [0.5, 0.6) is 0 Å². The summed E-state index contributed by atoms with van der Waals surface area (Å²) in [5, 5.41) is 0. The molecular weight excluding hydrogens is 180 g/mol. The smallest absolute Gasteiger partial charge is 0.00817 e. The molecule has 0 aromatic carbocycles. The van der Waals surface area contributed by atoms with Crippen molar-refractivity contribution in [3.05, 3.63) is 30.2 Å². The summed E-state index contributed by atoms with van der Waals surface area (Å²) in [6, 6.07) is 0. The van der Waals surface area contributed by atoms with E-state index >= 15 is 0 Å². The van der Waals surface area contributed by atoms with Gasteiger partial charge >= 0.3 is 0 Å². The monoisotopic (exact) mass is 205 g/mol. The number of rotatable bonds is 3. The van der Waals surface area contributed by atoms with E-state index in [9.17, 15) is 0 Å². The molecule has 0 aliphatic heterocycles. The van der Waals surface area contributed by atoms with Crippen molar-refractivity contribution in [3.8, 4) is 0 Å². The first-order chi connectivity index (χ1) is 6.79. The van der Waals surface area contributed by atoms with Gasteiger partial charge in [-0.15, -0.1) is 0 Å². The minimum absolute atomic E-state index is 0.229. The highest BCUT2D eigenvalue weighted by molar-refractivity contribution is 5.22. The molecule has 0 unspecified atom stereocenters. The number of hydrogen-bond donors (Lipinski definition) is 0. The molecule has 0 heterocycles. The summed E-state index contributed by atoms with van der Waals surface area (Å²) in [6.07, 6.45) is 10.6. The van der Waals surface area contributed by atoms with Crippen molar-refractivity contribution < 1.29 is 0 Å². The van der Waals surface area contributed by atoms with Crippen LogP contribution in [-0.4, -0.2) is 0 Å². The second kappa shape index (κ2) is 4.15. The lowest BCUT2D eigenvalue weighted by Crippen LogP contribution is -2.19. The van der Waals surface area contributed by atoms with Crippen LogP contribution in [0.4, 0.5) is 0 Å². The van der Waals surface area contributed by atoms with Gasteiger partial charge in [-0.05, 0) is 36.5 Å². The Labute approximate surface area is 95.5 Å². The number of hydrogen-bond acceptors (Lipinski definition) is 0. The summed E-state index contributed by atoms with van der Waals surface area (Å²) >= 11 is 0. The lowest BCUT2D eigenvalue weighted by molar-refractivity contribution is 0.348. The van der Waals surface area contributed by atoms with Gasteiger partial charge in [-0.2, -0.15) is 0 Å². The minimum atomic E-state index is 0.229. The maximum absolute atomic E-state index is 2.41. The second-order valence-electron chi connectivity index (χ2n) is 5.92. The van der Waals surface area contributed by atoms with Gasteiger partial charge in [0, 0.05) is 0 Å². The Kier molecular flexibility index (Phi) is 3.48. The molecule has 1 aliphatic rings. The molecule has 0 saturated carbocycles. The zero-order valence-electron chi connectivity index (χ0n) is 11.1. The molecular formula is C15H25. The van der Waals surface area contributed by atoms with Gasteiger partial charge in [0.2, 0.25) is 0 Å². The van der Waals surface area contributed by atoms with Crippen LogP contribution >= 0.6 is 0 Å². The van der Waals surface area contributed by atoms with Gasteiger partial charge in [0.05, 0.1) is 0 Å². The Morgan fingerprint density at radius 2 is 2.00 bits per heavy atom. The maximum Gasteiger partial charge on any atom is -0.00817 e. The summed E-state index contributed by atoms with van der Waals surface area (Å²) in [4.78, 5) is 0. The van der Waals surface area contributed by atoms with Crippen molar-refractivity contribution in [2.45, 2.75) is 48.0 Å². The van der Waals surface area contributed by atoms with Crippen LogP contribution < -0.4 is 0 Å². The van der Waals surface area contributed by atoms with E-state index in [2.05, 4.69) is 66.2 Å². The quantitative estimate of drug-likeness (QED) is 0.581. The van der Waals surface area contributed by atoms with Crippen LogP contribution in [0.2, 0.25) is 0 Å². The van der Waals surface area contributed by atoms with Gasteiger partial charge in [0.15, 0.2) is 0 Å². The lowest BCUT2D eigenvalue weighted by Gasteiger charge is -2.28. The van der Waals surface area contributed by atoms with E-state index < -0.39 is 0 Å². The normalized spacial score (nSPS) is 26.0.